The number of fused-ring (bicyclic) bond motifs is 3. The minimum Gasteiger partial charge on any atom is -0.453 e. The van der Waals surface area contributed by atoms with Gasteiger partial charge in [-0.05, 0) is 29.7 Å². The molecule has 0 atom stereocenters. The van der Waals surface area contributed by atoms with Gasteiger partial charge in [-0.3, -0.25) is 10.6 Å². The van der Waals surface area contributed by atoms with Gasteiger partial charge in [0.1, 0.15) is 0 Å². The molecule has 1 aromatic heterocycles. The van der Waals surface area contributed by atoms with Gasteiger partial charge in [-0.2, -0.15) is 0 Å². The average molecular weight is 401 g/mol. The number of benzene rings is 3. The lowest BCUT2D eigenvalue weighted by atomic mass is 9.99. The van der Waals surface area contributed by atoms with Crippen molar-refractivity contribution in [3.05, 3.63) is 66.7 Å². The molecule has 7 heteroatoms. The van der Waals surface area contributed by atoms with E-state index in [0.29, 0.717) is 11.4 Å². The van der Waals surface area contributed by atoms with Gasteiger partial charge in [0.05, 0.1) is 25.4 Å². The van der Waals surface area contributed by atoms with Gasteiger partial charge in [0, 0.05) is 27.7 Å². The van der Waals surface area contributed by atoms with Crippen LogP contribution in [0.25, 0.3) is 32.9 Å². The van der Waals surface area contributed by atoms with Crippen molar-refractivity contribution >= 4 is 45.2 Å². The SMILES string of the molecule is COC(=O)Nc1ccc2c(c1)nc(-c1ccccc1)c1cc(NC(=O)OC)ccc12. The highest BCUT2D eigenvalue weighted by molar-refractivity contribution is 6.12. The Kier molecular flexibility index (Phi) is 5.17. The maximum absolute atomic E-state index is 11.6. The van der Waals surface area contributed by atoms with E-state index in [-0.39, 0.29) is 0 Å². The lowest BCUT2D eigenvalue weighted by Gasteiger charge is -2.13. The summed E-state index contributed by atoms with van der Waals surface area (Å²) in [6.07, 6.45) is -1.08. The summed E-state index contributed by atoms with van der Waals surface area (Å²) in [7, 11) is 2.64. The standard InChI is InChI=1S/C23H19N3O4/c1-29-22(27)24-15-8-10-17-18-11-9-16(25-23(28)30-2)13-20(18)26-21(19(17)12-15)14-6-4-3-5-7-14/h3-13H,1-2H3,(H,24,27)(H,25,28). The monoisotopic (exact) mass is 401 g/mol. The van der Waals surface area contributed by atoms with E-state index >= 15 is 0 Å². The van der Waals surface area contributed by atoms with Gasteiger partial charge in [-0.1, -0.05) is 42.5 Å². The maximum Gasteiger partial charge on any atom is 0.411 e. The molecule has 0 aliphatic heterocycles. The van der Waals surface area contributed by atoms with Crippen LogP contribution in [0.3, 0.4) is 0 Å². The maximum atomic E-state index is 11.6. The number of carbonyl (C=O) groups is 2. The van der Waals surface area contributed by atoms with Crippen molar-refractivity contribution in [3.63, 3.8) is 0 Å². The van der Waals surface area contributed by atoms with Crippen LogP contribution >= 0.6 is 0 Å². The second-order valence-electron chi connectivity index (χ2n) is 6.55. The molecular weight excluding hydrogens is 382 g/mol. The summed E-state index contributed by atoms with van der Waals surface area (Å²) < 4.78 is 9.36. The average Bonchev–Trinajstić information content (AvgIpc) is 2.78. The van der Waals surface area contributed by atoms with E-state index in [2.05, 4.69) is 15.4 Å². The smallest absolute Gasteiger partial charge is 0.411 e. The summed E-state index contributed by atoms with van der Waals surface area (Å²) in [5, 5.41) is 8.14. The number of aromatic nitrogens is 1. The number of hydrogen-bond donors (Lipinski definition) is 2. The Labute approximate surface area is 172 Å². The van der Waals surface area contributed by atoms with Crippen molar-refractivity contribution in [2.45, 2.75) is 0 Å². The van der Waals surface area contributed by atoms with Crippen LogP contribution in [0.4, 0.5) is 21.0 Å². The molecule has 2 amide bonds. The summed E-state index contributed by atoms with van der Waals surface area (Å²) in [4.78, 5) is 28.1. The van der Waals surface area contributed by atoms with Crippen LogP contribution in [0.2, 0.25) is 0 Å². The van der Waals surface area contributed by atoms with Crippen LogP contribution in [0, 0.1) is 0 Å². The molecule has 0 saturated carbocycles. The van der Waals surface area contributed by atoms with Gasteiger partial charge in [-0.25, -0.2) is 14.6 Å². The first-order chi connectivity index (χ1) is 14.6. The van der Waals surface area contributed by atoms with E-state index in [4.69, 9.17) is 9.72 Å². The number of nitrogens with zero attached hydrogens (tertiary/aromatic N) is 1. The molecule has 0 fully saturated rings. The zero-order chi connectivity index (χ0) is 21.1. The lowest BCUT2D eigenvalue weighted by molar-refractivity contribution is 0.186. The minimum atomic E-state index is -0.544. The van der Waals surface area contributed by atoms with Crippen LogP contribution in [-0.2, 0) is 9.47 Å². The number of nitrogens with one attached hydrogen (secondary N) is 2. The fourth-order valence-corrected chi connectivity index (χ4v) is 3.32. The molecule has 0 aliphatic rings. The van der Waals surface area contributed by atoms with Crippen LogP contribution in [0.15, 0.2) is 66.7 Å². The normalized spacial score (nSPS) is 10.6. The summed E-state index contributed by atoms with van der Waals surface area (Å²) in [5.74, 6) is 0. The Morgan fingerprint density at radius 2 is 1.33 bits per heavy atom. The first-order valence-corrected chi connectivity index (χ1v) is 9.22. The van der Waals surface area contributed by atoms with Crippen molar-refractivity contribution in [3.8, 4) is 11.3 Å². The number of rotatable bonds is 3. The lowest BCUT2D eigenvalue weighted by Crippen LogP contribution is -2.11. The second kappa shape index (κ2) is 8.08. The van der Waals surface area contributed by atoms with Crippen LogP contribution < -0.4 is 10.6 Å². The fraction of sp³-hybridized carbons (Fsp3) is 0.0870. The van der Waals surface area contributed by atoms with Crippen molar-refractivity contribution in [2.75, 3.05) is 24.9 Å². The van der Waals surface area contributed by atoms with Crippen molar-refractivity contribution in [1.29, 1.82) is 0 Å². The largest absolute Gasteiger partial charge is 0.453 e. The molecule has 30 heavy (non-hydrogen) atoms. The van der Waals surface area contributed by atoms with Gasteiger partial charge in [0.2, 0.25) is 0 Å². The number of ether oxygens (including phenoxy) is 2. The van der Waals surface area contributed by atoms with Gasteiger partial charge < -0.3 is 9.47 Å². The highest BCUT2D eigenvalue weighted by Gasteiger charge is 2.13. The third-order valence-electron chi connectivity index (χ3n) is 4.71. The molecule has 0 saturated heterocycles. The van der Waals surface area contributed by atoms with Crippen molar-refractivity contribution < 1.29 is 19.1 Å². The molecule has 2 N–H and O–H groups in total. The number of pyridine rings is 1. The van der Waals surface area contributed by atoms with E-state index in [9.17, 15) is 9.59 Å². The zero-order valence-electron chi connectivity index (χ0n) is 16.4. The molecule has 150 valence electrons. The van der Waals surface area contributed by atoms with Gasteiger partial charge in [0.15, 0.2) is 0 Å². The highest BCUT2D eigenvalue weighted by atomic mass is 16.5. The number of carbonyl (C=O) groups excluding carboxylic acids is 2. The minimum absolute atomic E-state index is 0.539. The number of methoxy groups -OCH3 is 2. The van der Waals surface area contributed by atoms with E-state index in [1.54, 1.807) is 12.1 Å². The Balaban J connectivity index is 1.94. The third-order valence-corrected chi connectivity index (χ3v) is 4.71. The molecule has 3 aromatic carbocycles. The zero-order valence-corrected chi connectivity index (χ0v) is 16.4. The number of anilines is 2. The summed E-state index contributed by atoms with van der Waals surface area (Å²) in [6, 6.07) is 20.9. The Hall–Kier alpha value is -4.13. The van der Waals surface area contributed by atoms with Crippen LogP contribution in [0.5, 0.6) is 0 Å². The summed E-state index contributed by atoms with van der Waals surface area (Å²) in [5.41, 5.74) is 3.62. The molecule has 0 radical (unpaired) electrons. The molecule has 1 heterocycles. The first-order valence-electron chi connectivity index (χ1n) is 9.22. The molecular formula is C23H19N3O4. The second-order valence-corrected chi connectivity index (χ2v) is 6.55. The van der Waals surface area contributed by atoms with E-state index in [1.165, 1.54) is 14.2 Å². The Morgan fingerprint density at radius 3 is 1.97 bits per heavy atom. The molecule has 0 bridgehead atoms. The molecule has 4 rings (SSSR count). The fourth-order valence-electron chi connectivity index (χ4n) is 3.32. The Bertz CT molecular complexity index is 1260. The Morgan fingerprint density at radius 1 is 0.733 bits per heavy atom. The van der Waals surface area contributed by atoms with Gasteiger partial charge in [-0.15, -0.1) is 0 Å². The molecule has 0 spiro atoms. The summed E-state index contributed by atoms with van der Waals surface area (Å²) in [6.45, 7) is 0. The van der Waals surface area contributed by atoms with E-state index < -0.39 is 12.2 Å². The number of hydrogen-bond acceptors (Lipinski definition) is 5. The highest BCUT2D eigenvalue weighted by Crippen LogP contribution is 2.35. The van der Waals surface area contributed by atoms with E-state index in [1.807, 2.05) is 54.6 Å². The third kappa shape index (κ3) is 3.73. The van der Waals surface area contributed by atoms with Crippen molar-refractivity contribution in [2.24, 2.45) is 0 Å². The predicted molar refractivity (Wildman–Crippen MR) is 117 cm³/mol. The van der Waals surface area contributed by atoms with Gasteiger partial charge >= 0.3 is 12.2 Å². The van der Waals surface area contributed by atoms with Crippen LogP contribution in [-0.4, -0.2) is 31.4 Å². The molecule has 7 nitrogen and oxygen atoms in total. The topological polar surface area (TPSA) is 89.5 Å². The molecule has 0 unspecified atom stereocenters. The predicted octanol–water partition coefficient (Wildman–Crippen LogP) is 5.41. The molecule has 0 aliphatic carbocycles. The summed E-state index contributed by atoms with van der Waals surface area (Å²) >= 11 is 0. The van der Waals surface area contributed by atoms with Crippen molar-refractivity contribution in [1.82, 2.24) is 4.98 Å². The van der Waals surface area contributed by atoms with Gasteiger partial charge in [0.25, 0.3) is 0 Å². The quantitative estimate of drug-likeness (QED) is 0.448. The first kappa shape index (κ1) is 19.2. The molecule has 4 aromatic rings. The number of amides is 2. The van der Waals surface area contributed by atoms with Crippen LogP contribution in [0.1, 0.15) is 0 Å². The van der Waals surface area contributed by atoms with E-state index in [0.717, 1.165) is 32.9 Å².